The van der Waals surface area contributed by atoms with Gasteiger partial charge in [0, 0.05) is 0 Å². The van der Waals surface area contributed by atoms with Gasteiger partial charge in [-0.2, -0.15) is 0 Å². The summed E-state index contributed by atoms with van der Waals surface area (Å²) in [4.78, 5) is 0. The van der Waals surface area contributed by atoms with E-state index < -0.39 is 6.85 Å². The third-order valence-electron chi connectivity index (χ3n) is 1.78. The highest BCUT2D eigenvalue weighted by Crippen LogP contribution is 2.50. The second kappa shape index (κ2) is 4.77. The topological polar surface area (TPSA) is 9.23 Å². The lowest BCUT2D eigenvalue weighted by atomic mass is 9.98. The van der Waals surface area contributed by atoms with Crippen molar-refractivity contribution < 1.29 is 4.52 Å². The molecule has 60 valence electrons. The smallest absolute Gasteiger partial charge is 0.225 e. The number of hydrogen-bond acceptors (Lipinski definition) is 1. The predicted octanol–water partition coefficient (Wildman–Crippen LogP) is 4.04. The van der Waals surface area contributed by atoms with Crippen molar-refractivity contribution in [2.45, 2.75) is 38.2 Å². The van der Waals surface area contributed by atoms with Crippen LogP contribution >= 0.6 is 29.3 Å². The Hall–Kier alpha value is 0.970. The lowest BCUT2D eigenvalue weighted by Gasteiger charge is -2.21. The average molecular weight is 201 g/mol. The van der Waals surface area contributed by atoms with Crippen LogP contribution in [0.3, 0.4) is 0 Å². The summed E-state index contributed by atoms with van der Waals surface area (Å²) in [6, 6.07) is 0. The first-order valence-corrected chi connectivity index (χ1v) is 6.64. The highest BCUT2D eigenvalue weighted by molar-refractivity contribution is 8.00. The Kier molecular flexibility index (Phi) is 4.32. The van der Waals surface area contributed by atoms with Crippen LogP contribution in [0, 0.1) is 0 Å². The van der Waals surface area contributed by atoms with Gasteiger partial charge in [-0.3, -0.25) is 0 Å². The van der Waals surface area contributed by atoms with Crippen LogP contribution in [0.25, 0.3) is 0 Å². The largest absolute Gasteiger partial charge is 0.328 e. The Labute approximate surface area is 72.4 Å². The minimum absolute atomic E-state index is 0.342. The Morgan fingerprint density at radius 1 is 1.10 bits per heavy atom. The van der Waals surface area contributed by atoms with Crippen molar-refractivity contribution in [1.82, 2.24) is 0 Å². The first kappa shape index (κ1) is 9.06. The van der Waals surface area contributed by atoms with Gasteiger partial charge in [0.15, 0.2) is 0 Å². The molecule has 1 aliphatic carbocycles. The lowest BCUT2D eigenvalue weighted by molar-refractivity contribution is 0.180. The summed E-state index contributed by atoms with van der Waals surface area (Å²) < 4.78 is 5.29. The van der Waals surface area contributed by atoms with Crippen LogP contribution < -0.4 is 0 Å². The van der Waals surface area contributed by atoms with Gasteiger partial charge in [-0.25, -0.2) is 0 Å². The second-order valence-electron chi connectivity index (χ2n) is 2.57. The zero-order chi connectivity index (χ0) is 7.40. The molecule has 0 aromatic rings. The average Bonchev–Trinajstić information content (AvgIpc) is 1.88. The molecule has 0 radical (unpaired) electrons. The normalized spacial score (nSPS) is 21.9. The maximum absolute atomic E-state index is 5.52. The highest BCUT2D eigenvalue weighted by atomic mass is 35.9. The van der Waals surface area contributed by atoms with E-state index in [4.69, 9.17) is 27.0 Å². The molecule has 0 bridgehead atoms. The highest BCUT2D eigenvalue weighted by Gasteiger charge is 2.16. The van der Waals surface area contributed by atoms with Crippen LogP contribution in [-0.4, -0.2) is 6.10 Å². The van der Waals surface area contributed by atoms with E-state index >= 15 is 0 Å². The third-order valence-corrected chi connectivity index (χ3v) is 2.72. The molecule has 0 N–H and O–H groups in total. The predicted molar refractivity (Wildman–Crippen MR) is 46.6 cm³/mol. The first-order valence-electron chi connectivity index (χ1n) is 3.57. The van der Waals surface area contributed by atoms with E-state index in [9.17, 15) is 0 Å². The Morgan fingerprint density at radius 2 is 1.70 bits per heavy atom. The zero-order valence-electron chi connectivity index (χ0n) is 5.72. The van der Waals surface area contributed by atoms with Gasteiger partial charge >= 0.3 is 0 Å². The zero-order valence-corrected chi connectivity index (χ0v) is 8.13. The number of halogens is 2. The van der Waals surface area contributed by atoms with Crippen molar-refractivity contribution in [2.75, 3.05) is 0 Å². The molecule has 0 amide bonds. The fourth-order valence-electron chi connectivity index (χ4n) is 1.28. The summed E-state index contributed by atoms with van der Waals surface area (Å²) in [6.45, 7) is -1.18. The monoisotopic (exact) mass is 200 g/mol. The molecule has 1 aliphatic rings. The molecule has 0 spiro atoms. The molecule has 1 rings (SSSR count). The maximum atomic E-state index is 5.52. The van der Waals surface area contributed by atoms with Crippen molar-refractivity contribution in [3.05, 3.63) is 0 Å². The van der Waals surface area contributed by atoms with Crippen LogP contribution in [0.5, 0.6) is 0 Å². The maximum Gasteiger partial charge on any atom is 0.225 e. The first-order chi connectivity index (χ1) is 4.79. The molecular weight excluding hydrogens is 190 g/mol. The molecule has 0 heterocycles. The van der Waals surface area contributed by atoms with Crippen LogP contribution in [0.2, 0.25) is 0 Å². The van der Waals surface area contributed by atoms with Crippen molar-refractivity contribution in [1.29, 1.82) is 0 Å². The number of rotatable bonds is 2. The van der Waals surface area contributed by atoms with Crippen LogP contribution in [0.1, 0.15) is 32.1 Å². The molecule has 0 unspecified atom stereocenters. The van der Waals surface area contributed by atoms with Crippen LogP contribution in [0.4, 0.5) is 0 Å². The molecular formula is C6H11Cl2OP. The minimum atomic E-state index is -1.18. The van der Waals surface area contributed by atoms with Crippen molar-refractivity contribution in [3.8, 4) is 0 Å². The van der Waals surface area contributed by atoms with E-state index in [1.807, 2.05) is 0 Å². The molecule has 0 aromatic carbocycles. The van der Waals surface area contributed by atoms with E-state index in [2.05, 4.69) is 0 Å². The summed E-state index contributed by atoms with van der Waals surface area (Å²) in [5.41, 5.74) is 0. The van der Waals surface area contributed by atoms with Crippen molar-refractivity contribution in [3.63, 3.8) is 0 Å². The minimum Gasteiger partial charge on any atom is -0.328 e. The molecule has 1 saturated carbocycles. The number of hydrogen-bond donors (Lipinski definition) is 0. The summed E-state index contributed by atoms with van der Waals surface area (Å²) in [5, 5.41) is 0. The van der Waals surface area contributed by atoms with Crippen LogP contribution in [-0.2, 0) is 4.52 Å². The molecule has 1 nitrogen and oxygen atoms in total. The van der Waals surface area contributed by atoms with Gasteiger partial charge in [0.1, 0.15) is 0 Å². The van der Waals surface area contributed by atoms with E-state index in [1.54, 1.807) is 0 Å². The Balaban J connectivity index is 2.13. The Morgan fingerprint density at radius 3 is 2.20 bits per heavy atom. The second-order valence-corrected chi connectivity index (χ2v) is 5.54. The van der Waals surface area contributed by atoms with Gasteiger partial charge < -0.3 is 4.52 Å². The molecule has 0 saturated heterocycles. The summed E-state index contributed by atoms with van der Waals surface area (Å²) in [6.07, 6.45) is 6.48. The van der Waals surface area contributed by atoms with Crippen LogP contribution in [0.15, 0.2) is 0 Å². The molecule has 0 atom stereocenters. The summed E-state index contributed by atoms with van der Waals surface area (Å²) in [7, 11) is 0. The summed E-state index contributed by atoms with van der Waals surface area (Å²) in [5.74, 6) is 0. The van der Waals surface area contributed by atoms with Gasteiger partial charge in [-0.1, -0.05) is 19.3 Å². The van der Waals surface area contributed by atoms with E-state index in [0.29, 0.717) is 6.10 Å². The molecule has 0 aliphatic heterocycles. The summed E-state index contributed by atoms with van der Waals surface area (Å²) >= 11 is 11.0. The van der Waals surface area contributed by atoms with Gasteiger partial charge in [0.2, 0.25) is 6.85 Å². The van der Waals surface area contributed by atoms with Crippen molar-refractivity contribution in [2.24, 2.45) is 0 Å². The molecule has 4 heteroatoms. The van der Waals surface area contributed by atoms with Gasteiger partial charge in [-0.05, 0) is 35.3 Å². The third kappa shape index (κ3) is 3.39. The van der Waals surface area contributed by atoms with E-state index in [-0.39, 0.29) is 0 Å². The standard InChI is InChI=1S/C6H11Cl2OP/c7-10(8)9-6-4-2-1-3-5-6/h6H,1-5H2. The quantitative estimate of drug-likeness (QED) is 0.612. The van der Waals surface area contributed by atoms with E-state index in [0.717, 1.165) is 12.8 Å². The Bertz CT molecular complexity index is 93.7. The van der Waals surface area contributed by atoms with Gasteiger partial charge in [0.05, 0.1) is 6.10 Å². The molecule has 10 heavy (non-hydrogen) atoms. The van der Waals surface area contributed by atoms with E-state index in [1.165, 1.54) is 19.3 Å². The fourth-order valence-corrected chi connectivity index (χ4v) is 2.40. The lowest BCUT2D eigenvalue weighted by Crippen LogP contribution is -2.12. The molecule has 0 aromatic heterocycles. The van der Waals surface area contributed by atoms with Gasteiger partial charge in [0.25, 0.3) is 0 Å². The van der Waals surface area contributed by atoms with Gasteiger partial charge in [-0.15, -0.1) is 0 Å². The molecule has 1 fully saturated rings. The van der Waals surface area contributed by atoms with Crippen molar-refractivity contribution >= 4 is 29.3 Å². The fraction of sp³-hybridized carbons (Fsp3) is 1.00. The SMILES string of the molecule is ClP(Cl)OC1CCCCC1.